The molecule has 3 rings (SSSR count). The first-order valence-electron chi connectivity index (χ1n) is 9.99. The molecule has 1 saturated heterocycles. The van der Waals surface area contributed by atoms with Crippen LogP contribution in [0, 0.1) is 6.92 Å². The smallest absolute Gasteiger partial charge is 0.252 e. The minimum absolute atomic E-state index is 0.0942. The topological polar surface area (TPSA) is 94.2 Å². The first-order valence-corrected chi connectivity index (χ1v) is 11.4. The van der Waals surface area contributed by atoms with Crippen LogP contribution in [0.3, 0.4) is 0 Å². The van der Waals surface area contributed by atoms with Gasteiger partial charge in [-0.25, -0.2) is 8.42 Å². The average Bonchev–Trinajstić information content (AvgIpc) is 2.79. The Hall–Kier alpha value is -2.62. The van der Waals surface area contributed by atoms with Crippen LogP contribution in [-0.4, -0.2) is 59.2 Å². The average molecular weight is 449 g/mol. The third kappa shape index (κ3) is 5.00. The van der Waals surface area contributed by atoms with Gasteiger partial charge in [0.05, 0.1) is 38.4 Å². The summed E-state index contributed by atoms with van der Waals surface area (Å²) < 4.78 is 43.3. The molecule has 1 aliphatic heterocycles. The molecule has 9 heteroatoms. The number of ether oxygens (including phenoxy) is 3. The number of methoxy groups -OCH3 is 2. The van der Waals surface area contributed by atoms with Gasteiger partial charge in [-0.1, -0.05) is 6.07 Å². The summed E-state index contributed by atoms with van der Waals surface area (Å²) in [5, 5.41) is 2.93. The maximum Gasteiger partial charge on any atom is 0.252 e. The normalized spacial score (nSPS) is 15.9. The van der Waals surface area contributed by atoms with Crippen LogP contribution >= 0.6 is 0 Å². The van der Waals surface area contributed by atoms with E-state index in [4.69, 9.17) is 14.2 Å². The molecule has 2 aromatic carbocycles. The van der Waals surface area contributed by atoms with Crippen LogP contribution in [-0.2, 0) is 14.8 Å². The van der Waals surface area contributed by atoms with Crippen LogP contribution in [0.25, 0.3) is 0 Å². The second kappa shape index (κ2) is 9.67. The van der Waals surface area contributed by atoms with Gasteiger partial charge in [-0.3, -0.25) is 4.79 Å². The number of nitrogens with zero attached hydrogens (tertiary/aromatic N) is 1. The van der Waals surface area contributed by atoms with Gasteiger partial charge in [-0.15, -0.1) is 0 Å². The highest BCUT2D eigenvalue weighted by atomic mass is 32.2. The quantitative estimate of drug-likeness (QED) is 0.700. The lowest BCUT2D eigenvalue weighted by molar-refractivity contribution is 0.0730. The Balaban J connectivity index is 1.86. The van der Waals surface area contributed by atoms with Gasteiger partial charge >= 0.3 is 0 Å². The fourth-order valence-electron chi connectivity index (χ4n) is 3.47. The van der Waals surface area contributed by atoms with E-state index >= 15 is 0 Å². The predicted octanol–water partition coefficient (Wildman–Crippen LogP) is 2.52. The monoisotopic (exact) mass is 448 g/mol. The Kier molecular flexibility index (Phi) is 7.19. The van der Waals surface area contributed by atoms with Gasteiger partial charge in [0.25, 0.3) is 5.91 Å². The van der Waals surface area contributed by atoms with E-state index in [9.17, 15) is 13.2 Å². The van der Waals surface area contributed by atoms with Gasteiger partial charge in [0.2, 0.25) is 10.0 Å². The highest BCUT2D eigenvalue weighted by Crippen LogP contribution is 2.30. The van der Waals surface area contributed by atoms with Crippen LogP contribution in [0.5, 0.6) is 11.5 Å². The molecule has 0 bridgehead atoms. The standard InChI is InChI=1S/C22H28N2O6S/c1-15-5-7-18(31(26,27)24-9-11-30-12-10-24)14-19(15)22(25)23-16(2)20-13-17(28-3)6-8-21(20)29-4/h5-8,13-14,16H,9-12H2,1-4H3,(H,23,25)/t16-/m1/s1. The molecule has 8 nitrogen and oxygen atoms in total. The molecule has 1 aliphatic rings. The SMILES string of the molecule is COc1ccc(OC)c([C@@H](C)NC(=O)c2cc(S(=O)(=O)N3CCOCC3)ccc2C)c1. The van der Waals surface area contributed by atoms with Crippen molar-refractivity contribution in [2.75, 3.05) is 40.5 Å². The second-order valence-corrected chi connectivity index (χ2v) is 9.23. The molecule has 0 unspecified atom stereocenters. The number of rotatable bonds is 7. The van der Waals surface area contributed by atoms with Gasteiger partial charge in [-0.05, 0) is 49.7 Å². The first kappa shape index (κ1) is 23.1. The zero-order chi connectivity index (χ0) is 22.6. The number of benzene rings is 2. The van der Waals surface area contributed by atoms with Crippen LogP contribution in [0.2, 0.25) is 0 Å². The van der Waals surface area contributed by atoms with Crippen molar-refractivity contribution in [1.29, 1.82) is 0 Å². The van der Waals surface area contributed by atoms with Crippen molar-refractivity contribution in [3.8, 4) is 11.5 Å². The lowest BCUT2D eigenvalue weighted by Gasteiger charge is -2.26. The van der Waals surface area contributed by atoms with Gasteiger partial charge in [0.15, 0.2) is 0 Å². The summed E-state index contributed by atoms with van der Waals surface area (Å²) in [6, 6.07) is 9.58. The summed E-state index contributed by atoms with van der Waals surface area (Å²) >= 11 is 0. The van der Waals surface area contributed by atoms with Crippen LogP contribution in [0.15, 0.2) is 41.3 Å². The van der Waals surface area contributed by atoms with Crippen LogP contribution < -0.4 is 14.8 Å². The van der Waals surface area contributed by atoms with Crippen molar-refractivity contribution < 1.29 is 27.4 Å². The molecule has 1 N–H and O–H groups in total. The molecule has 0 aromatic heterocycles. The Labute approximate surface area is 183 Å². The molecule has 31 heavy (non-hydrogen) atoms. The van der Waals surface area contributed by atoms with E-state index in [0.717, 1.165) is 5.56 Å². The zero-order valence-corrected chi connectivity index (χ0v) is 19.0. The second-order valence-electron chi connectivity index (χ2n) is 7.30. The number of morpholine rings is 1. The highest BCUT2D eigenvalue weighted by molar-refractivity contribution is 7.89. The van der Waals surface area contributed by atoms with E-state index in [1.54, 1.807) is 45.4 Å². The predicted molar refractivity (Wildman–Crippen MR) is 116 cm³/mol. The van der Waals surface area contributed by atoms with Crippen molar-refractivity contribution in [2.24, 2.45) is 0 Å². The van der Waals surface area contributed by atoms with E-state index in [2.05, 4.69) is 5.32 Å². The lowest BCUT2D eigenvalue weighted by atomic mass is 10.0. The Bertz CT molecular complexity index is 1050. The summed E-state index contributed by atoms with van der Waals surface area (Å²) in [5.41, 5.74) is 1.75. The lowest BCUT2D eigenvalue weighted by Crippen LogP contribution is -2.40. The number of aryl methyl sites for hydroxylation is 1. The first-order chi connectivity index (χ1) is 14.8. The maximum atomic E-state index is 13.0. The molecule has 0 aliphatic carbocycles. The number of amides is 1. The van der Waals surface area contributed by atoms with Gasteiger partial charge < -0.3 is 19.5 Å². The molecular weight excluding hydrogens is 420 g/mol. The van der Waals surface area contributed by atoms with Crippen molar-refractivity contribution in [3.63, 3.8) is 0 Å². The Morgan fingerprint density at radius 3 is 2.45 bits per heavy atom. The molecule has 1 fully saturated rings. The van der Waals surface area contributed by atoms with E-state index in [1.807, 2.05) is 6.92 Å². The molecule has 0 radical (unpaired) electrons. The van der Waals surface area contributed by atoms with Crippen molar-refractivity contribution >= 4 is 15.9 Å². The van der Waals surface area contributed by atoms with E-state index < -0.39 is 16.1 Å². The number of nitrogens with one attached hydrogen (secondary N) is 1. The Morgan fingerprint density at radius 1 is 1.10 bits per heavy atom. The molecule has 168 valence electrons. The summed E-state index contributed by atoms with van der Waals surface area (Å²) in [6.07, 6.45) is 0. The summed E-state index contributed by atoms with van der Waals surface area (Å²) in [5.74, 6) is 0.898. The largest absolute Gasteiger partial charge is 0.497 e. The fraction of sp³-hybridized carbons (Fsp3) is 0.409. The molecule has 1 atom stereocenters. The summed E-state index contributed by atoms with van der Waals surface area (Å²) in [6.45, 7) is 4.92. The van der Waals surface area contributed by atoms with Gasteiger partial charge in [0.1, 0.15) is 11.5 Å². The third-order valence-corrected chi connectivity index (χ3v) is 7.21. The van der Waals surface area contributed by atoms with Crippen molar-refractivity contribution in [3.05, 3.63) is 53.1 Å². The molecule has 1 heterocycles. The molecule has 0 spiro atoms. The zero-order valence-electron chi connectivity index (χ0n) is 18.2. The fourth-order valence-corrected chi connectivity index (χ4v) is 4.91. The minimum Gasteiger partial charge on any atom is -0.497 e. The molecule has 1 amide bonds. The molecule has 2 aromatic rings. The molecule has 0 saturated carbocycles. The van der Waals surface area contributed by atoms with Crippen molar-refractivity contribution in [1.82, 2.24) is 9.62 Å². The number of carbonyl (C=O) groups excluding carboxylic acids is 1. The summed E-state index contributed by atoms with van der Waals surface area (Å²) in [7, 11) is -0.571. The maximum absolute atomic E-state index is 13.0. The molecular formula is C22H28N2O6S. The minimum atomic E-state index is -3.70. The summed E-state index contributed by atoms with van der Waals surface area (Å²) in [4.78, 5) is 13.1. The van der Waals surface area contributed by atoms with Crippen LogP contribution in [0.4, 0.5) is 0 Å². The van der Waals surface area contributed by atoms with Crippen LogP contribution in [0.1, 0.15) is 34.5 Å². The van der Waals surface area contributed by atoms with E-state index in [1.165, 1.54) is 16.4 Å². The van der Waals surface area contributed by atoms with E-state index in [-0.39, 0.29) is 10.8 Å². The number of carbonyl (C=O) groups is 1. The number of hydrogen-bond acceptors (Lipinski definition) is 6. The highest BCUT2D eigenvalue weighted by Gasteiger charge is 2.27. The number of sulfonamides is 1. The van der Waals surface area contributed by atoms with Crippen molar-refractivity contribution in [2.45, 2.75) is 24.8 Å². The third-order valence-electron chi connectivity index (χ3n) is 5.31. The van der Waals surface area contributed by atoms with Gasteiger partial charge in [0, 0.05) is 24.2 Å². The van der Waals surface area contributed by atoms with E-state index in [0.29, 0.717) is 48.9 Å². The Morgan fingerprint density at radius 2 is 1.81 bits per heavy atom. The van der Waals surface area contributed by atoms with Gasteiger partial charge in [-0.2, -0.15) is 4.31 Å². The number of hydrogen-bond donors (Lipinski definition) is 1.